The van der Waals surface area contributed by atoms with Crippen LogP contribution < -0.4 is 4.72 Å². The van der Waals surface area contributed by atoms with E-state index >= 15 is 0 Å². The van der Waals surface area contributed by atoms with Gasteiger partial charge in [-0.05, 0) is 24.3 Å². The number of aromatic amines is 1. The van der Waals surface area contributed by atoms with E-state index in [2.05, 4.69) is 14.7 Å². The highest BCUT2D eigenvalue weighted by atomic mass is 32.2. The first-order valence-electron chi connectivity index (χ1n) is 5.67. The van der Waals surface area contributed by atoms with Crippen molar-refractivity contribution in [3.63, 3.8) is 0 Å². The number of fused-ring (bicyclic) bond motifs is 1. The molecule has 2 heterocycles. The summed E-state index contributed by atoms with van der Waals surface area (Å²) in [7, 11) is -3.64. The van der Waals surface area contributed by atoms with Crippen molar-refractivity contribution in [1.29, 1.82) is 0 Å². The average Bonchev–Trinajstić information content (AvgIpc) is 2.84. The number of para-hydroxylation sites is 1. The van der Waals surface area contributed by atoms with Crippen molar-refractivity contribution in [2.45, 2.75) is 5.03 Å². The number of anilines is 1. The molecule has 2 aromatic heterocycles. The molecule has 6 heteroatoms. The average molecular weight is 273 g/mol. The number of aromatic nitrogens is 2. The molecule has 3 rings (SSSR count). The van der Waals surface area contributed by atoms with Crippen molar-refractivity contribution in [2.24, 2.45) is 0 Å². The van der Waals surface area contributed by atoms with Gasteiger partial charge in [0.15, 0.2) is 5.03 Å². The van der Waals surface area contributed by atoms with Crippen LogP contribution in [0, 0.1) is 0 Å². The van der Waals surface area contributed by atoms with Gasteiger partial charge >= 0.3 is 0 Å². The van der Waals surface area contributed by atoms with Gasteiger partial charge in [0.2, 0.25) is 0 Å². The summed E-state index contributed by atoms with van der Waals surface area (Å²) in [4.78, 5) is 6.82. The third-order valence-corrected chi connectivity index (χ3v) is 3.98. The number of nitrogens with one attached hydrogen (secondary N) is 2. The largest absolute Gasteiger partial charge is 0.344 e. The summed E-state index contributed by atoms with van der Waals surface area (Å²) >= 11 is 0. The van der Waals surface area contributed by atoms with E-state index in [0.29, 0.717) is 5.82 Å². The normalized spacial score (nSPS) is 11.6. The molecule has 5 nitrogen and oxygen atoms in total. The van der Waals surface area contributed by atoms with Crippen LogP contribution in [-0.2, 0) is 10.0 Å². The van der Waals surface area contributed by atoms with Crippen LogP contribution in [0.25, 0.3) is 10.9 Å². The van der Waals surface area contributed by atoms with Crippen molar-refractivity contribution in [3.05, 3.63) is 54.7 Å². The predicted molar refractivity (Wildman–Crippen MR) is 73.3 cm³/mol. The predicted octanol–water partition coefficient (Wildman–Crippen LogP) is 2.36. The van der Waals surface area contributed by atoms with Gasteiger partial charge in [0.25, 0.3) is 10.0 Å². The molecule has 3 aromatic rings. The summed E-state index contributed by atoms with van der Waals surface area (Å²) in [6.07, 6.45) is 1.53. The highest BCUT2D eigenvalue weighted by Crippen LogP contribution is 2.19. The van der Waals surface area contributed by atoms with Crippen molar-refractivity contribution in [2.75, 3.05) is 4.72 Å². The Morgan fingerprint density at radius 2 is 1.84 bits per heavy atom. The molecule has 1 aromatic carbocycles. The van der Waals surface area contributed by atoms with Crippen molar-refractivity contribution in [3.8, 4) is 0 Å². The second-order valence-electron chi connectivity index (χ2n) is 4.04. The minimum Gasteiger partial charge on any atom is -0.344 e. The SMILES string of the molecule is O=S(=O)(Nc1ccccn1)c1cc2ccccc2[nH]1. The fraction of sp³-hybridized carbons (Fsp3) is 0. The zero-order valence-corrected chi connectivity index (χ0v) is 10.7. The fourth-order valence-corrected chi connectivity index (χ4v) is 2.84. The van der Waals surface area contributed by atoms with Gasteiger partial charge in [-0.25, -0.2) is 4.98 Å². The second kappa shape index (κ2) is 4.40. The molecule has 0 aliphatic heterocycles. The molecule has 0 aliphatic rings. The van der Waals surface area contributed by atoms with E-state index in [1.807, 2.05) is 24.3 Å². The summed E-state index contributed by atoms with van der Waals surface area (Å²) in [5.41, 5.74) is 0.781. The van der Waals surface area contributed by atoms with Crippen LogP contribution in [0.1, 0.15) is 0 Å². The number of nitrogens with zero attached hydrogens (tertiary/aromatic N) is 1. The van der Waals surface area contributed by atoms with E-state index in [4.69, 9.17) is 0 Å². The molecule has 0 atom stereocenters. The van der Waals surface area contributed by atoms with Crippen LogP contribution in [-0.4, -0.2) is 18.4 Å². The first-order chi connectivity index (χ1) is 9.15. The third-order valence-electron chi connectivity index (χ3n) is 2.70. The highest BCUT2D eigenvalue weighted by molar-refractivity contribution is 7.92. The Morgan fingerprint density at radius 1 is 1.05 bits per heavy atom. The second-order valence-corrected chi connectivity index (χ2v) is 5.69. The maximum absolute atomic E-state index is 12.2. The quantitative estimate of drug-likeness (QED) is 0.769. The van der Waals surface area contributed by atoms with E-state index in [0.717, 1.165) is 10.9 Å². The van der Waals surface area contributed by atoms with Crippen LogP contribution in [0.15, 0.2) is 59.8 Å². The zero-order valence-electron chi connectivity index (χ0n) is 9.87. The monoisotopic (exact) mass is 273 g/mol. The number of pyridine rings is 1. The summed E-state index contributed by atoms with van der Waals surface area (Å²) in [6, 6.07) is 14.0. The maximum Gasteiger partial charge on any atom is 0.278 e. The van der Waals surface area contributed by atoms with E-state index in [-0.39, 0.29) is 5.03 Å². The van der Waals surface area contributed by atoms with Gasteiger partial charge in [-0.15, -0.1) is 0 Å². The highest BCUT2D eigenvalue weighted by Gasteiger charge is 2.17. The van der Waals surface area contributed by atoms with Gasteiger partial charge in [-0.2, -0.15) is 8.42 Å². The number of hydrogen-bond donors (Lipinski definition) is 2. The lowest BCUT2D eigenvalue weighted by atomic mass is 10.3. The molecule has 0 saturated carbocycles. The van der Waals surface area contributed by atoms with Crippen LogP contribution in [0.2, 0.25) is 0 Å². The molecule has 19 heavy (non-hydrogen) atoms. The topological polar surface area (TPSA) is 74.8 Å². The summed E-state index contributed by atoms with van der Waals surface area (Å²) in [5, 5.41) is 0.975. The number of sulfonamides is 1. The first kappa shape index (κ1) is 11.7. The lowest BCUT2D eigenvalue weighted by Crippen LogP contribution is -2.14. The number of hydrogen-bond acceptors (Lipinski definition) is 3. The van der Waals surface area contributed by atoms with Crippen molar-refractivity contribution < 1.29 is 8.42 Å². The fourth-order valence-electron chi connectivity index (χ4n) is 1.81. The minimum atomic E-state index is -3.64. The van der Waals surface area contributed by atoms with Crippen LogP contribution >= 0.6 is 0 Å². The Labute approximate surface area is 110 Å². The molecule has 96 valence electrons. The minimum absolute atomic E-state index is 0.124. The van der Waals surface area contributed by atoms with Gasteiger partial charge in [0, 0.05) is 17.1 Å². The Hall–Kier alpha value is -2.34. The lowest BCUT2D eigenvalue weighted by Gasteiger charge is -2.04. The molecule has 0 spiro atoms. The van der Waals surface area contributed by atoms with Gasteiger partial charge in [-0.1, -0.05) is 24.3 Å². The third kappa shape index (κ3) is 2.30. The van der Waals surface area contributed by atoms with Gasteiger partial charge < -0.3 is 4.98 Å². The lowest BCUT2D eigenvalue weighted by molar-refractivity contribution is 0.598. The van der Waals surface area contributed by atoms with Crippen molar-refractivity contribution >= 4 is 26.7 Å². The van der Waals surface area contributed by atoms with E-state index < -0.39 is 10.0 Å². The smallest absolute Gasteiger partial charge is 0.278 e. The molecule has 0 bridgehead atoms. The maximum atomic E-state index is 12.2. The standard InChI is InChI=1S/C13H11N3O2S/c17-19(18,16-12-7-3-4-8-14-12)13-9-10-5-1-2-6-11(10)15-13/h1-9,15H,(H,14,16). The molecule has 0 saturated heterocycles. The Balaban J connectivity index is 2.00. The summed E-state index contributed by atoms with van der Waals surface area (Å²) in [6.45, 7) is 0. The molecular formula is C13H11N3O2S. The molecule has 0 fully saturated rings. The Kier molecular flexibility index (Phi) is 2.72. The number of H-pyrrole nitrogens is 1. The van der Waals surface area contributed by atoms with Gasteiger partial charge in [-0.3, -0.25) is 4.72 Å². The first-order valence-corrected chi connectivity index (χ1v) is 7.15. The van der Waals surface area contributed by atoms with E-state index in [9.17, 15) is 8.42 Å². The molecule has 0 aliphatic carbocycles. The molecule has 0 amide bonds. The number of benzene rings is 1. The Bertz CT molecular complexity index is 777. The summed E-state index contributed by atoms with van der Waals surface area (Å²) in [5.74, 6) is 0.293. The van der Waals surface area contributed by atoms with Gasteiger partial charge in [0.1, 0.15) is 5.82 Å². The molecule has 0 radical (unpaired) electrons. The Morgan fingerprint density at radius 3 is 2.58 bits per heavy atom. The molecule has 0 unspecified atom stereocenters. The molecule has 2 N–H and O–H groups in total. The number of rotatable bonds is 3. The summed E-state index contributed by atoms with van der Waals surface area (Å²) < 4.78 is 26.8. The zero-order chi connectivity index (χ0) is 13.3. The van der Waals surface area contributed by atoms with Crippen molar-refractivity contribution in [1.82, 2.24) is 9.97 Å². The van der Waals surface area contributed by atoms with E-state index in [1.54, 1.807) is 24.3 Å². The van der Waals surface area contributed by atoms with Crippen LogP contribution in [0.4, 0.5) is 5.82 Å². The van der Waals surface area contributed by atoms with Gasteiger partial charge in [0.05, 0.1) is 0 Å². The van der Waals surface area contributed by atoms with E-state index in [1.165, 1.54) is 6.20 Å². The molecular weight excluding hydrogens is 262 g/mol. The van der Waals surface area contributed by atoms with Crippen LogP contribution in [0.3, 0.4) is 0 Å². The van der Waals surface area contributed by atoms with Crippen LogP contribution in [0.5, 0.6) is 0 Å².